The van der Waals surface area contributed by atoms with Gasteiger partial charge in [-0.1, -0.05) is 18.1 Å². The Morgan fingerprint density at radius 2 is 1.94 bits per heavy atom. The molecule has 3 aliphatic rings. The Kier molecular flexibility index (Phi) is 2.17. The van der Waals surface area contributed by atoms with Crippen LogP contribution in [0.5, 0.6) is 0 Å². The van der Waals surface area contributed by atoms with E-state index in [9.17, 15) is 9.90 Å². The number of carboxylic acids is 1. The summed E-state index contributed by atoms with van der Waals surface area (Å²) in [4.78, 5) is 11.6. The first-order valence-electron chi connectivity index (χ1n) is 6.60. The largest absolute Gasteiger partial charge is 0.481 e. The Balaban J connectivity index is 1.82. The van der Waals surface area contributed by atoms with Crippen molar-refractivity contribution in [2.24, 2.45) is 10.8 Å². The van der Waals surface area contributed by atoms with Crippen LogP contribution in [0.3, 0.4) is 0 Å². The molecule has 0 aromatic heterocycles. The maximum atomic E-state index is 11.6. The van der Waals surface area contributed by atoms with Gasteiger partial charge < -0.3 is 5.11 Å². The summed E-state index contributed by atoms with van der Waals surface area (Å²) in [5, 5.41) is 9.55. The molecule has 1 N–H and O–H groups in total. The number of hydrogen-bond acceptors (Lipinski definition) is 1. The molecule has 0 atom stereocenters. The van der Waals surface area contributed by atoms with Crippen molar-refractivity contribution in [2.75, 3.05) is 0 Å². The van der Waals surface area contributed by atoms with E-state index < -0.39 is 11.4 Å². The standard InChI is InChI=1S/C14H20O2/c15-12(16)14(11-5-2-1-3-6-11)9-13(10-14)7-4-8-13/h5H,1-4,6-10H2,(H,15,16). The van der Waals surface area contributed by atoms with Gasteiger partial charge in [0.2, 0.25) is 0 Å². The van der Waals surface area contributed by atoms with Crippen LogP contribution in [0.15, 0.2) is 11.6 Å². The van der Waals surface area contributed by atoms with E-state index in [4.69, 9.17) is 0 Å². The van der Waals surface area contributed by atoms with E-state index in [0.29, 0.717) is 5.41 Å². The molecule has 0 saturated heterocycles. The zero-order chi connectivity index (χ0) is 11.2. The highest BCUT2D eigenvalue weighted by Crippen LogP contribution is 2.67. The van der Waals surface area contributed by atoms with Gasteiger partial charge in [0.15, 0.2) is 0 Å². The summed E-state index contributed by atoms with van der Waals surface area (Å²) < 4.78 is 0. The molecule has 1 spiro atoms. The van der Waals surface area contributed by atoms with E-state index in [-0.39, 0.29) is 0 Å². The van der Waals surface area contributed by atoms with Gasteiger partial charge in [-0.2, -0.15) is 0 Å². The number of aliphatic carboxylic acids is 1. The van der Waals surface area contributed by atoms with Crippen LogP contribution < -0.4 is 0 Å². The lowest BCUT2D eigenvalue weighted by atomic mass is 9.43. The first kappa shape index (κ1) is 10.4. The van der Waals surface area contributed by atoms with Gasteiger partial charge in [0, 0.05) is 0 Å². The van der Waals surface area contributed by atoms with Crippen LogP contribution in [0.4, 0.5) is 0 Å². The van der Waals surface area contributed by atoms with Crippen LogP contribution in [0.2, 0.25) is 0 Å². The van der Waals surface area contributed by atoms with E-state index in [1.807, 2.05) is 0 Å². The van der Waals surface area contributed by atoms with Crippen molar-refractivity contribution in [3.05, 3.63) is 11.6 Å². The van der Waals surface area contributed by atoms with E-state index in [0.717, 1.165) is 25.7 Å². The van der Waals surface area contributed by atoms with Crippen LogP contribution in [0.1, 0.15) is 57.8 Å². The molecule has 16 heavy (non-hydrogen) atoms. The predicted octanol–water partition coefficient (Wildman–Crippen LogP) is 3.52. The van der Waals surface area contributed by atoms with Crippen molar-refractivity contribution in [3.8, 4) is 0 Å². The lowest BCUT2D eigenvalue weighted by Crippen LogP contribution is -2.55. The fourth-order valence-corrected chi connectivity index (χ4v) is 4.05. The number of rotatable bonds is 2. The van der Waals surface area contributed by atoms with E-state index in [2.05, 4.69) is 6.08 Å². The van der Waals surface area contributed by atoms with Crippen molar-refractivity contribution >= 4 is 5.97 Å². The molecule has 3 aliphatic carbocycles. The summed E-state index contributed by atoms with van der Waals surface area (Å²) in [6.45, 7) is 0. The molecule has 0 heterocycles. The third-order valence-electron chi connectivity index (χ3n) is 5.08. The second-order valence-electron chi connectivity index (χ2n) is 6.07. The van der Waals surface area contributed by atoms with Gasteiger partial charge in [-0.05, 0) is 56.8 Å². The van der Waals surface area contributed by atoms with Crippen LogP contribution in [0.25, 0.3) is 0 Å². The molecule has 2 fully saturated rings. The molecule has 2 heteroatoms. The van der Waals surface area contributed by atoms with Gasteiger partial charge in [-0.3, -0.25) is 4.79 Å². The molecule has 0 aromatic carbocycles. The van der Waals surface area contributed by atoms with Gasteiger partial charge in [-0.15, -0.1) is 0 Å². The Bertz CT molecular complexity index is 342. The van der Waals surface area contributed by atoms with E-state index >= 15 is 0 Å². The molecule has 0 unspecified atom stereocenters. The zero-order valence-electron chi connectivity index (χ0n) is 9.80. The molecule has 2 nitrogen and oxygen atoms in total. The lowest BCUT2D eigenvalue weighted by Gasteiger charge is -2.60. The monoisotopic (exact) mass is 220 g/mol. The first-order valence-corrected chi connectivity index (χ1v) is 6.60. The molecule has 0 aromatic rings. The van der Waals surface area contributed by atoms with Crippen molar-refractivity contribution in [1.29, 1.82) is 0 Å². The third-order valence-corrected chi connectivity index (χ3v) is 5.08. The number of hydrogen-bond donors (Lipinski definition) is 1. The molecule has 0 radical (unpaired) electrons. The molecular formula is C14H20O2. The molecule has 0 aliphatic heterocycles. The van der Waals surface area contributed by atoms with Crippen LogP contribution in [-0.4, -0.2) is 11.1 Å². The minimum atomic E-state index is -0.557. The second-order valence-corrected chi connectivity index (χ2v) is 6.07. The van der Waals surface area contributed by atoms with E-state index in [1.165, 1.54) is 37.7 Å². The summed E-state index contributed by atoms with van der Waals surface area (Å²) in [7, 11) is 0. The molecule has 0 bridgehead atoms. The third kappa shape index (κ3) is 1.28. The van der Waals surface area contributed by atoms with Crippen molar-refractivity contribution in [3.63, 3.8) is 0 Å². The van der Waals surface area contributed by atoms with Crippen molar-refractivity contribution < 1.29 is 9.90 Å². The average molecular weight is 220 g/mol. The molecule has 0 amide bonds. The Hall–Kier alpha value is -0.790. The smallest absolute Gasteiger partial charge is 0.313 e. The van der Waals surface area contributed by atoms with Gasteiger partial charge in [-0.25, -0.2) is 0 Å². The maximum absolute atomic E-state index is 11.6. The molecular weight excluding hydrogens is 200 g/mol. The summed E-state index contributed by atoms with van der Waals surface area (Å²) in [5.74, 6) is -0.557. The van der Waals surface area contributed by atoms with Crippen LogP contribution >= 0.6 is 0 Å². The van der Waals surface area contributed by atoms with Crippen LogP contribution in [0, 0.1) is 10.8 Å². The normalized spacial score (nSPS) is 30.1. The Labute approximate surface area is 96.7 Å². The van der Waals surface area contributed by atoms with Crippen LogP contribution in [-0.2, 0) is 4.79 Å². The highest BCUT2D eigenvalue weighted by Gasteiger charge is 2.62. The number of carbonyl (C=O) groups is 1. The second kappa shape index (κ2) is 3.35. The SMILES string of the molecule is O=C(O)C1(C2=CCCCC2)CC2(CCC2)C1. The fraction of sp³-hybridized carbons (Fsp3) is 0.786. The molecule has 3 rings (SSSR count). The summed E-state index contributed by atoms with van der Waals surface area (Å²) in [6, 6.07) is 0. The molecule has 2 saturated carbocycles. The minimum absolute atomic E-state index is 0.441. The minimum Gasteiger partial charge on any atom is -0.481 e. The fourth-order valence-electron chi connectivity index (χ4n) is 4.05. The Morgan fingerprint density at radius 3 is 2.38 bits per heavy atom. The van der Waals surface area contributed by atoms with Gasteiger partial charge in [0.05, 0.1) is 5.41 Å². The van der Waals surface area contributed by atoms with Gasteiger partial charge in [0.1, 0.15) is 0 Å². The van der Waals surface area contributed by atoms with Crippen molar-refractivity contribution in [2.45, 2.75) is 57.8 Å². The summed E-state index contributed by atoms with van der Waals surface area (Å²) in [5.41, 5.74) is 1.25. The summed E-state index contributed by atoms with van der Waals surface area (Å²) in [6.07, 6.45) is 12.5. The number of allylic oxidation sites excluding steroid dienone is 1. The predicted molar refractivity (Wildman–Crippen MR) is 62.1 cm³/mol. The van der Waals surface area contributed by atoms with Gasteiger partial charge in [0.25, 0.3) is 0 Å². The zero-order valence-corrected chi connectivity index (χ0v) is 9.80. The molecule has 88 valence electrons. The van der Waals surface area contributed by atoms with Gasteiger partial charge >= 0.3 is 5.97 Å². The summed E-state index contributed by atoms with van der Waals surface area (Å²) >= 11 is 0. The highest BCUT2D eigenvalue weighted by atomic mass is 16.4. The maximum Gasteiger partial charge on any atom is 0.313 e. The van der Waals surface area contributed by atoms with Crippen molar-refractivity contribution in [1.82, 2.24) is 0 Å². The quantitative estimate of drug-likeness (QED) is 0.723. The Morgan fingerprint density at radius 1 is 1.19 bits per heavy atom. The average Bonchev–Trinajstić information content (AvgIpc) is 2.15. The topological polar surface area (TPSA) is 37.3 Å². The van der Waals surface area contributed by atoms with E-state index in [1.54, 1.807) is 0 Å². The number of carboxylic acid groups (broad SMARTS) is 1. The highest BCUT2D eigenvalue weighted by molar-refractivity contribution is 5.80. The lowest BCUT2D eigenvalue weighted by molar-refractivity contribution is -0.168. The first-order chi connectivity index (χ1) is 7.67.